The highest BCUT2D eigenvalue weighted by atomic mass is 16.5. The van der Waals surface area contributed by atoms with Gasteiger partial charge in [-0.1, -0.05) is 13.8 Å². The average molecular weight is 254 g/mol. The number of ether oxygens (including phenoxy) is 1. The molecule has 3 nitrogen and oxygen atoms in total. The molecule has 0 aromatic carbocycles. The van der Waals surface area contributed by atoms with E-state index in [0.717, 1.165) is 32.2 Å². The van der Waals surface area contributed by atoms with Crippen molar-refractivity contribution in [3.8, 4) is 0 Å². The van der Waals surface area contributed by atoms with Crippen molar-refractivity contribution in [1.29, 1.82) is 0 Å². The molecule has 2 rings (SSSR count). The highest BCUT2D eigenvalue weighted by Gasteiger charge is 2.42. The Morgan fingerprint density at radius 1 is 1.28 bits per heavy atom. The van der Waals surface area contributed by atoms with Gasteiger partial charge in [0.15, 0.2) is 0 Å². The second-order valence-electron chi connectivity index (χ2n) is 6.78. The first-order valence-corrected chi connectivity index (χ1v) is 7.59. The summed E-state index contributed by atoms with van der Waals surface area (Å²) in [5.41, 5.74) is 0.603. The summed E-state index contributed by atoms with van der Waals surface area (Å²) in [5.74, 6) is 0.747. The van der Waals surface area contributed by atoms with Crippen LogP contribution in [-0.4, -0.2) is 48.8 Å². The van der Waals surface area contributed by atoms with Gasteiger partial charge in [0, 0.05) is 37.3 Å². The molecule has 2 fully saturated rings. The van der Waals surface area contributed by atoms with Crippen LogP contribution in [0, 0.1) is 5.92 Å². The first kappa shape index (κ1) is 14.3. The Hall–Kier alpha value is -0.120. The average Bonchev–Trinajstić information content (AvgIpc) is 2.82. The summed E-state index contributed by atoms with van der Waals surface area (Å²) in [4.78, 5) is 2.75. The molecular weight excluding hydrogens is 224 g/mol. The Bertz CT molecular complexity index is 268. The predicted octanol–water partition coefficient (Wildman–Crippen LogP) is 2.27. The molecule has 0 saturated carbocycles. The standard InChI is InChI=1S/C15H30N2O/c1-5-15(6-2)11-16-14(3,4)12-17(15)9-13-7-8-18-10-13/h13,16H,5-12H2,1-4H3. The first-order valence-electron chi connectivity index (χ1n) is 7.59. The Balaban J connectivity index is 2.08. The zero-order valence-corrected chi connectivity index (χ0v) is 12.6. The molecule has 0 aliphatic carbocycles. The van der Waals surface area contributed by atoms with Gasteiger partial charge in [-0.15, -0.1) is 0 Å². The highest BCUT2D eigenvalue weighted by molar-refractivity contribution is 5.01. The van der Waals surface area contributed by atoms with Crippen LogP contribution in [0.25, 0.3) is 0 Å². The molecule has 0 bridgehead atoms. The van der Waals surface area contributed by atoms with Gasteiger partial charge in [-0.25, -0.2) is 0 Å². The fourth-order valence-electron chi connectivity index (χ4n) is 3.46. The van der Waals surface area contributed by atoms with E-state index < -0.39 is 0 Å². The maximum Gasteiger partial charge on any atom is 0.0507 e. The molecule has 2 saturated heterocycles. The summed E-state index contributed by atoms with van der Waals surface area (Å²) < 4.78 is 5.54. The second kappa shape index (κ2) is 5.48. The van der Waals surface area contributed by atoms with Gasteiger partial charge in [0.05, 0.1) is 6.61 Å². The van der Waals surface area contributed by atoms with Crippen LogP contribution >= 0.6 is 0 Å². The van der Waals surface area contributed by atoms with E-state index in [-0.39, 0.29) is 5.54 Å². The summed E-state index contributed by atoms with van der Waals surface area (Å²) in [5, 5.41) is 3.73. The van der Waals surface area contributed by atoms with Crippen molar-refractivity contribution in [3.05, 3.63) is 0 Å². The Morgan fingerprint density at radius 3 is 2.56 bits per heavy atom. The quantitative estimate of drug-likeness (QED) is 0.833. The Labute approximate surface area is 112 Å². The van der Waals surface area contributed by atoms with Crippen LogP contribution in [0.3, 0.4) is 0 Å². The summed E-state index contributed by atoms with van der Waals surface area (Å²) >= 11 is 0. The third kappa shape index (κ3) is 2.89. The van der Waals surface area contributed by atoms with Crippen LogP contribution in [0.15, 0.2) is 0 Å². The van der Waals surface area contributed by atoms with E-state index >= 15 is 0 Å². The van der Waals surface area contributed by atoms with E-state index in [1.807, 2.05) is 0 Å². The Kier molecular flexibility index (Phi) is 4.35. The van der Waals surface area contributed by atoms with Gasteiger partial charge in [0.25, 0.3) is 0 Å². The van der Waals surface area contributed by atoms with Crippen molar-refractivity contribution in [2.45, 2.75) is 58.0 Å². The molecule has 2 heterocycles. The molecule has 2 aliphatic heterocycles. The van der Waals surface area contributed by atoms with Crippen LogP contribution in [0.1, 0.15) is 47.0 Å². The first-order chi connectivity index (χ1) is 8.51. The van der Waals surface area contributed by atoms with Crippen molar-refractivity contribution in [3.63, 3.8) is 0 Å². The highest BCUT2D eigenvalue weighted by Crippen LogP contribution is 2.31. The van der Waals surface area contributed by atoms with Crippen molar-refractivity contribution >= 4 is 0 Å². The molecule has 0 amide bonds. The van der Waals surface area contributed by atoms with Gasteiger partial charge in [0.2, 0.25) is 0 Å². The number of nitrogens with zero attached hydrogens (tertiary/aromatic N) is 1. The van der Waals surface area contributed by atoms with Gasteiger partial charge in [-0.05, 0) is 39.0 Å². The molecule has 2 aliphatic rings. The minimum atomic E-state index is 0.243. The summed E-state index contributed by atoms with van der Waals surface area (Å²) in [6, 6.07) is 0. The van der Waals surface area contributed by atoms with E-state index in [9.17, 15) is 0 Å². The molecule has 0 aromatic rings. The summed E-state index contributed by atoms with van der Waals surface area (Å²) in [7, 11) is 0. The molecule has 106 valence electrons. The topological polar surface area (TPSA) is 24.5 Å². The molecule has 0 radical (unpaired) electrons. The minimum Gasteiger partial charge on any atom is -0.381 e. The number of hydrogen-bond donors (Lipinski definition) is 1. The number of hydrogen-bond acceptors (Lipinski definition) is 3. The van der Waals surface area contributed by atoms with Gasteiger partial charge < -0.3 is 10.1 Å². The maximum absolute atomic E-state index is 5.54. The molecule has 1 N–H and O–H groups in total. The molecule has 3 heteroatoms. The number of nitrogens with one attached hydrogen (secondary N) is 1. The van der Waals surface area contributed by atoms with E-state index in [0.29, 0.717) is 5.54 Å². The van der Waals surface area contributed by atoms with Crippen molar-refractivity contribution in [2.75, 3.05) is 32.8 Å². The van der Waals surface area contributed by atoms with Gasteiger partial charge in [-0.2, -0.15) is 0 Å². The maximum atomic E-state index is 5.54. The largest absolute Gasteiger partial charge is 0.381 e. The normalized spacial score (nSPS) is 31.7. The molecule has 0 spiro atoms. The molecular formula is C15H30N2O. The second-order valence-corrected chi connectivity index (χ2v) is 6.78. The monoisotopic (exact) mass is 254 g/mol. The Morgan fingerprint density at radius 2 is 2.00 bits per heavy atom. The smallest absolute Gasteiger partial charge is 0.0507 e. The lowest BCUT2D eigenvalue weighted by molar-refractivity contribution is -0.00328. The van der Waals surface area contributed by atoms with E-state index in [4.69, 9.17) is 4.74 Å². The third-order valence-electron chi connectivity index (χ3n) is 4.97. The molecule has 0 aromatic heterocycles. The SMILES string of the molecule is CCC1(CC)CNC(C)(C)CN1CC1CCOC1. The van der Waals surface area contributed by atoms with Gasteiger partial charge in [0.1, 0.15) is 0 Å². The fraction of sp³-hybridized carbons (Fsp3) is 1.00. The molecule has 18 heavy (non-hydrogen) atoms. The lowest BCUT2D eigenvalue weighted by atomic mass is 9.83. The van der Waals surface area contributed by atoms with Crippen molar-refractivity contribution < 1.29 is 4.74 Å². The summed E-state index contributed by atoms with van der Waals surface area (Å²) in [6.45, 7) is 14.7. The molecule has 1 atom stereocenters. The zero-order valence-electron chi connectivity index (χ0n) is 12.6. The zero-order chi connectivity index (χ0) is 13.2. The van der Waals surface area contributed by atoms with Crippen LogP contribution in [-0.2, 0) is 4.74 Å². The van der Waals surface area contributed by atoms with Crippen LogP contribution in [0.4, 0.5) is 0 Å². The van der Waals surface area contributed by atoms with Gasteiger partial charge in [-0.3, -0.25) is 4.90 Å². The predicted molar refractivity (Wildman–Crippen MR) is 75.9 cm³/mol. The van der Waals surface area contributed by atoms with Crippen LogP contribution < -0.4 is 5.32 Å². The third-order valence-corrected chi connectivity index (χ3v) is 4.97. The summed E-state index contributed by atoms with van der Waals surface area (Å²) in [6.07, 6.45) is 3.72. The lowest BCUT2D eigenvalue weighted by Crippen LogP contribution is -2.68. The molecule has 1 unspecified atom stereocenters. The van der Waals surface area contributed by atoms with Crippen LogP contribution in [0.2, 0.25) is 0 Å². The van der Waals surface area contributed by atoms with E-state index in [2.05, 4.69) is 37.9 Å². The van der Waals surface area contributed by atoms with Crippen molar-refractivity contribution in [1.82, 2.24) is 10.2 Å². The van der Waals surface area contributed by atoms with E-state index in [1.54, 1.807) is 0 Å². The van der Waals surface area contributed by atoms with Crippen molar-refractivity contribution in [2.24, 2.45) is 5.92 Å². The van der Waals surface area contributed by atoms with Gasteiger partial charge >= 0.3 is 0 Å². The van der Waals surface area contributed by atoms with Crippen LogP contribution in [0.5, 0.6) is 0 Å². The number of rotatable bonds is 4. The number of piperazine rings is 1. The lowest BCUT2D eigenvalue weighted by Gasteiger charge is -2.53. The minimum absolute atomic E-state index is 0.243. The fourth-order valence-corrected chi connectivity index (χ4v) is 3.46. The van der Waals surface area contributed by atoms with E-state index in [1.165, 1.54) is 25.8 Å².